The van der Waals surface area contributed by atoms with Crippen molar-refractivity contribution in [1.82, 2.24) is 0 Å². The lowest BCUT2D eigenvalue weighted by Gasteiger charge is -2.28. The Kier molecular flexibility index (Phi) is 5.65. The number of hydrogen-bond acceptors (Lipinski definition) is 4. The Morgan fingerprint density at radius 3 is 2.71 bits per heavy atom. The Labute approximate surface area is 105 Å². The van der Waals surface area contributed by atoms with Crippen molar-refractivity contribution < 1.29 is 19.3 Å². The summed E-state index contributed by atoms with van der Waals surface area (Å²) in [5, 5.41) is 9.77. The van der Waals surface area contributed by atoms with Crippen molar-refractivity contribution in [2.24, 2.45) is 0 Å². The SMILES string of the molecule is CC1OC=CC(OCOCC[Si](C)(C)C)[C@@H]1O. The normalized spacial score (nSPS) is 29.1. The van der Waals surface area contributed by atoms with Crippen LogP contribution in [0.2, 0.25) is 25.7 Å². The minimum atomic E-state index is -1.04. The van der Waals surface area contributed by atoms with Crippen molar-refractivity contribution >= 4 is 8.07 Å². The van der Waals surface area contributed by atoms with E-state index in [0.29, 0.717) is 0 Å². The predicted molar refractivity (Wildman–Crippen MR) is 69.5 cm³/mol. The van der Waals surface area contributed by atoms with E-state index in [1.54, 1.807) is 12.3 Å². The van der Waals surface area contributed by atoms with Crippen molar-refractivity contribution in [3.05, 3.63) is 12.3 Å². The van der Waals surface area contributed by atoms with Crippen LogP contribution in [0.5, 0.6) is 0 Å². The Balaban J connectivity index is 2.14. The van der Waals surface area contributed by atoms with Gasteiger partial charge in [0.1, 0.15) is 25.1 Å². The fraction of sp³-hybridized carbons (Fsp3) is 0.833. The van der Waals surface area contributed by atoms with Crippen LogP contribution < -0.4 is 0 Å². The first-order valence-corrected chi connectivity index (χ1v) is 9.80. The Hall–Kier alpha value is -0.363. The van der Waals surface area contributed by atoms with Gasteiger partial charge in [-0.2, -0.15) is 0 Å². The lowest BCUT2D eigenvalue weighted by atomic mass is 10.1. The molecular formula is C12H24O4Si. The summed E-state index contributed by atoms with van der Waals surface area (Å²) in [5.41, 5.74) is 0. The molecule has 4 nitrogen and oxygen atoms in total. The summed E-state index contributed by atoms with van der Waals surface area (Å²) in [5.74, 6) is 0. The van der Waals surface area contributed by atoms with Crippen LogP contribution in [0.25, 0.3) is 0 Å². The van der Waals surface area contributed by atoms with Gasteiger partial charge in [-0.3, -0.25) is 0 Å². The third-order valence-electron chi connectivity index (χ3n) is 2.72. The highest BCUT2D eigenvalue weighted by atomic mass is 28.3. The molecule has 5 heteroatoms. The second kappa shape index (κ2) is 6.54. The van der Waals surface area contributed by atoms with Gasteiger partial charge in [0.05, 0.1) is 6.26 Å². The smallest absolute Gasteiger partial charge is 0.147 e. The Morgan fingerprint density at radius 2 is 2.06 bits per heavy atom. The van der Waals surface area contributed by atoms with Crippen molar-refractivity contribution in [3.8, 4) is 0 Å². The summed E-state index contributed by atoms with van der Waals surface area (Å²) in [6.07, 6.45) is 2.11. The monoisotopic (exact) mass is 260 g/mol. The molecule has 1 rings (SSSR count). The van der Waals surface area contributed by atoms with Gasteiger partial charge in [-0.15, -0.1) is 0 Å². The number of hydrogen-bond donors (Lipinski definition) is 1. The molecule has 0 spiro atoms. The molecule has 0 saturated carbocycles. The summed E-state index contributed by atoms with van der Waals surface area (Å²) in [6, 6.07) is 1.12. The Morgan fingerprint density at radius 1 is 1.35 bits per heavy atom. The summed E-state index contributed by atoms with van der Waals surface area (Å²) >= 11 is 0. The molecule has 0 aliphatic carbocycles. The van der Waals surface area contributed by atoms with Crippen LogP contribution in [0.3, 0.4) is 0 Å². The van der Waals surface area contributed by atoms with Gasteiger partial charge in [-0.1, -0.05) is 19.6 Å². The molecule has 1 aliphatic rings. The number of aliphatic hydroxyl groups is 1. The molecular weight excluding hydrogens is 236 g/mol. The van der Waals surface area contributed by atoms with E-state index < -0.39 is 14.2 Å². The molecule has 17 heavy (non-hydrogen) atoms. The average Bonchev–Trinajstić information content (AvgIpc) is 2.22. The van der Waals surface area contributed by atoms with Crippen LogP contribution in [0.1, 0.15) is 6.92 Å². The third-order valence-corrected chi connectivity index (χ3v) is 4.42. The van der Waals surface area contributed by atoms with Gasteiger partial charge in [0.25, 0.3) is 0 Å². The van der Waals surface area contributed by atoms with E-state index in [2.05, 4.69) is 19.6 Å². The van der Waals surface area contributed by atoms with E-state index in [1.807, 2.05) is 6.92 Å². The van der Waals surface area contributed by atoms with Crippen LogP contribution >= 0.6 is 0 Å². The van der Waals surface area contributed by atoms with Gasteiger partial charge >= 0.3 is 0 Å². The third kappa shape index (κ3) is 5.67. The van der Waals surface area contributed by atoms with Crippen molar-refractivity contribution in [2.75, 3.05) is 13.4 Å². The van der Waals surface area contributed by atoms with Gasteiger partial charge in [0.2, 0.25) is 0 Å². The molecule has 0 saturated heterocycles. The van der Waals surface area contributed by atoms with Crippen LogP contribution in [-0.4, -0.2) is 44.9 Å². The molecule has 1 N–H and O–H groups in total. The van der Waals surface area contributed by atoms with E-state index in [0.717, 1.165) is 12.7 Å². The summed E-state index contributed by atoms with van der Waals surface area (Å²) in [6.45, 7) is 9.70. The second-order valence-electron chi connectivity index (χ2n) is 5.63. The first-order chi connectivity index (χ1) is 7.90. The molecule has 0 aromatic carbocycles. The zero-order valence-electron chi connectivity index (χ0n) is 11.2. The number of aliphatic hydroxyl groups excluding tert-OH is 1. The molecule has 100 valence electrons. The number of ether oxygens (including phenoxy) is 3. The van der Waals surface area contributed by atoms with E-state index >= 15 is 0 Å². The van der Waals surface area contributed by atoms with Gasteiger partial charge < -0.3 is 19.3 Å². The lowest BCUT2D eigenvalue weighted by molar-refractivity contribution is -0.135. The fourth-order valence-corrected chi connectivity index (χ4v) is 2.18. The molecule has 0 amide bonds. The van der Waals surface area contributed by atoms with Gasteiger partial charge in [0.15, 0.2) is 0 Å². The van der Waals surface area contributed by atoms with E-state index in [9.17, 15) is 5.11 Å². The largest absolute Gasteiger partial charge is 0.496 e. The van der Waals surface area contributed by atoms with Gasteiger partial charge in [-0.05, 0) is 19.0 Å². The second-order valence-corrected chi connectivity index (χ2v) is 11.2. The first kappa shape index (κ1) is 14.7. The summed E-state index contributed by atoms with van der Waals surface area (Å²) < 4.78 is 16.0. The van der Waals surface area contributed by atoms with E-state index in [1.165, 1.54) is 0 Å². The quantitative estimate of drug-likeness (QED) is 0.451. The summed E-state index contributed by atoms with van der Waals surface area (Å²) in [4.78, 5) is 0. The maximum Gasteiger partial charge on any atom is 0.147 e. The molecule has 0 fully saturated rings. The summed E-state index contributed by atoms with van der Waals surface area (Å²) in [7, 11) is -1.04. The van der Waals surface area contributed by atoms with E-state index in [-0.39, 0.29) is 19.0 Å². The molecule has 0 aromatic rings. The molecule has 0 aromatic heterocycles. The Bertz CT molecular complexity index is 249. The fourth-order valence-electron chi connectivity index (χ4n) is 1.43. The zero-order chi connectivity index (χ0) is 12.9. The molecule has 2 unspecified atom stereocenters. The van der Waals surface area contributed by atoms with Gasteiger partial charge in [0, 0.05) is 14.7 Å². The molecule has 1 aliphatic heterocycles. The minimum Gasteiger partial charge on any atom is -0.496 e. The van der Waals surface area contributed by atoms with Crippen molar-refractivity contribution in [2.45, 2.75) is 50.9 Å². The number of rotatable bonds is 6. The van der Waals surface area contributed by atoms with Crippen LogP contribution in [0.4, 0.5) is 0 Å². The first-order valence-electron chi connectivity index (χ1n) is 6.10. The van der Waals surface area contributed by atoms with Crippen LogP contribution in [0.15, 0.2) is 12.3 Å². The highest BCUT2D eigenvalue weighted by molar-refractivity contribution is 6.76. The van der Waals surface area contributed by atoms with Crippen LogP contribution in [-0.2, 0) is 14.2 Å². The predicted octanol–water partition coefficient (Wildman–Crippen LogP) is 1.98. The maximum absolute atomic E-state index is 9.77. The molecule has 0 bridgehead atoms. The maximum atomic E-state index is 9.77. The minimum absolute atomic E-state index is 0.225. The molecule has 1 heterocycles. The molecule has 3 atom stereocenters. The van der Waals surface area contributed by atoms with E-state index in [4.69, 9.17) is 14.2 Å². The highest BCUT2D eigenvalue weighted by Crippen LogP contribution is 2.15. The average molecular weight is 260 g/mol. The van der Waals surface area contributed by atoms with Crippen molar-refractivity contribution in [1.29, 1.82) is 0 Å². The van der Waals surface area contributed by atoms with Gasteiger partial charge in [-0.25, -0.2) is 0 Å². The lowest BCUT2D eigenvalue weighted by Crippen LogP contribution is -2.40. The topological polar surface area (TPSA) is 47.9 Å². The standard InChI is InChI=1S/C12H24O4Si/c1-10-12(13)11(5-6-15-10)16-9-14-7-8-17(2,3)4/h5-6,10-13H,7-9H2,1-4H3/t10?,11?,12-/m1/s1. The zero-order valence-corrected chi connectivity index (χ0v) is 12.2. The highest BCUT2D eigenvalue weighted by Gasteiger charge is 2.27. The van der Waals surface area contributed by atoms with Crippen LogP contribution in [0, 0.1) is 0 Å². The molecule has 0 radical (unpaired) electrons. The van der Waals surface area contributed by atoms with Crippen molar-refractivity contribution in [3.63, 3.8) is 0 Å².